The Balaban J connectivity index is 1.75. The number of carbonyl (C=O) groups is 1. The first-order chi connectivity index (χ1) is 15.4. The van der Waals surface area contributed by atoms with Crippen molar-refractivity contribution < 1.29 is 35.5 Å². The Morgan fingerprint density at radius 2 is 1.97 bits per heavy atom. The Hall–Kier alpha value is -2.37. The summed E-state index contributed by atoms with van der Waals surface area (Å²) >= 11 is 6.10. The maximum atomic E-state index is 13.5. The average Bonchev–Trinajstić information content (AvgIpc) is 2.76. The standard InChI is InChI=1S/C21H21ClF4N2O4S/c1-2-32-19-8-6-15(11-17(19)22)33(30,31)28-9-3-4-13(12-28)20(29)27-14-5-7-18(23)16(10-14)21(24,25)26/h5-8,10-11,13H,2-4,9,12H2,1H3,(H,27,29)/t13-/m0/s1. The van der Waals surface area contributed by atoms with Crippen molar-refractivity contribution in [1.29, 1.82) is 0 Å². The second kappa shape index (κ2) is 9.86. The van der Waals surface area contributed by atoms with Crippen LogP contribution in [0.15, 0.2) is 41.3 Å². The SMILES string of the molecule is CCOc1ccc(S(=O)(=O)N2CCC[C@H](C(=O)Nc3ccc(F)c(C(F)(F)F)c3)C2)cc1Cl. The third-order valence-corrected chi connectivity index (χ3v) is 7.29. The third kappa shape index (κ3) is 5.77. The number of nitrogens with zero attached hydrogens (tertiary/aromatic N) is 1. The number of benzene rings is 2. The summed E-state index contributed by atoms with van der Waals surface area (Å²) in [6.07, 6.45) is -4.20. The first kappa shape index (κ1) is 25.3. The topological polar surface area (TPSA) is 75.7 Å². The molecule has 12 heteroatoms. The average molecular weight is 509 g/mol. The van der Waals surface area contributed by atoms with Crippen LogP contribution in [0.2, 0.25) is 5.02 Å². The summed E-state index contributed by atoms with van der Waals surface area (Å²) in [7, 11) is -3.97. The molecule has 0 unspecified atom stereocenters. The molecule has 180 valence electrons. The summed E-state index contributed by atoms with van der Waals surface area (Å²) in [5.41, 5.74) is -1.73. The number of alkyl halides is 3. The number of piperidine rings is 1. The molecule has 0 spiro atoms. The van der Waals surface area contributed by atoms with Crippen molar-refractivity contribution in [2.75, 3.05) is 25.0 Å². The normalized spacial score (nSPS) is 17.6. The molecule has 2 aromatic rings. The predicted octanol–water partition coefficient (Wildman–Crippen LogP) is 4.94. The van der Waals surface area contributed by atoms with Crippen LogP contribution in [0.1, 0.15) is 25.3 Å². The van der Waals surface area contributed by atoms with E-state index in [1.165, 1.54) is 18.2 Å². The van der Waals surface area contributed by atoms with Gasteiger partial charge in [-0.1, -0.05) is 11.6 Å². The van der Waals surface area contributed by atoms with E-state index in [-0.39, 0.29) is 28.7 Å². The van der Waals surface area contributed by atoms with Crippen LogP contribution >= 0.6 is 11.6 Å². The number of nitrogens with one attached hydrogen (secondary N) is 1. The Labute approximate surface area is 193 Å². The van der Waals surface area contributed by atoms with Crippen molar-refractivity contribution in [3.63, 3.8) is 0 Å². The highest BCUT2D eigenvalue weighted by molar-refractivity contribution is 7.89. The van der Waals surface area contributed by atoms with Gasteiger partial charge in [0.15, 0.2) is 0 Å². The summed E-state index contributed by atoms with van der Waals surface area (Å²) in [6, 6.07) is 6.20. The minimum Gasteiger partial charge on any atom is -0.492 e. The lowest BCUT2D eigenvalue weighted by Gasteiger charge is -2.31. The number of ether oxygens (including phenoxy) is 1. The number of halogens is 5. The maximum absolute atomic E-state index is 13.5. The largest absolute Gasteiger partial charge is 0.492 e. The fraction of sp³-hybridized carbons (Fsp3) is 0.381. The van der Waals surface area contributed by atoms with E-state index in [4.69, 9.17) is 16.3 Å². The zero-order valence-electron chi connectivity index (χ0n) is 17.5. The highest BCUT2D eigenvalue weighted by Crippen LogP contribution is 2.34. The number of rotatable bonds is 6. The Morgan fingerprint density at radius 3 is 2.61 bits per heavy atom. The van der Waals surface area contributed by atoms with Crippen molar-refractivity contribution in [1.82, 2.24) is 4.31 Å². The van der Waals surface area contributed by atoms with Crippen LogP contribution < -0.4 is 10.1 Å². The molecular weight excluding hydrogens is 488 g/mol. The molecule has 2 aromatic carbocycles. The number of amides is 1. The number of hydrogen-bond acceptors (Lipinski definition) is 4. The molecule has 1 N–H and O–H groups in total. The number of carbonyl (C=O) groups excluding carboxylic acids is 1. The van der Waals surface area contributed by atoms with E-state index >= 15 is 0 Å². The van der Waals surface area contributed by atoms with Crippen molar-refractivity contribution in [3.8, 4) is 5.75 Å². The number of hydrogen-bond donors (Lipinski definition) is 1. The third-order valence-electron chi connectivity index (χ3n) is 5.14. The van der Waals surface area contributed by atoms with Gasteiger partial charge in [0, 0.05) is 18.8 Å². The lowest BCUT2D eigenvalue weighted by atomic mass is 9.98. The van der Waals surface area contributed by atoms with Gasteiger partial charge < -0.3 is 10.1 Å². The zero-order chi connectivity index (χ0) is 24.4. The quantitative estimate of drug-likeness (QED) is 0.561. The van der Waals surface area contributed by atoms with Crippen LogP contribution in [0.4, 0.5) is 23.2 Å². The first-order valence-electron chi connectivity index (χ1n) is 10.0. The van der Waals surface area contributed by atoms with E-state index in [1.54, 1.807) is 6.92 Å². The highest BCUT2D eigenvalue weighted by Gasteiger charge is 2.36. The van der Waals surface area contributed by atoms with Crippen LogP contribution in [-0.2, 0) is 21.0 Å². The predicted molar refractivity (Wildman–Crippen MR) is 114 cm³/mol. The molecule has 0 aromatic heterocycles. The lowest BCUT2D eigenvalue weighted by molar-refractivity contribution is -0.140. The van der Waals surface area contributed by atoms with Gasteiger partial charge in [0.25, 0.3) is 0 Å². The van der Waals surface area contributed by atoms with Crippen LogP contribution in [0.3, 0.4) is 0 Å². The molecule has 6 nitrogen and oxygen atoms in total. The molecule has 1 aliphatic heterocycles. The monoisotopic (exact) mass is 508 g/mol. The maximum Gasteiger partial charge on any atom is 0.419 e. The molecule has 0 bridgehead atoms. The molecule has 0 radical (unpaired) electrons. The van der Waals surface area contributed by atoms with Crippen molar-refractivity contribution in [2.45, 2.75) is 30.8 Å². The summed E-state index contributed by atoms with van der Waals surface area (Å²) in [5, 5.41) is 2.45. The van der Waals surface area contributed by atoms with Gasteiger partial charge in [-0.05, 0) is 56.2 Å². The van der Waals surface area contributed by atoms with E-state index < -0.39 is 39.4 Å². The van der Waals surface area contributed by atoms with Gasteiger partial charge in [-0.2, -0.15) is 17.5 Å². The second-order valence-corrected chi connectivity index (χ2v) is 9.75. The first-order valence-corrected chi connectivity index (χ1v) is 11.9. The molecule has 0 saturated carbocycles. The van der Waals surface area contributed by atoms with E-state index in [2.05, 4.69) is 5.32 Å². The van der Waals surface area contributed by atoms with Gasteiger partial charge in [0.1, 0.15) is 11.6 Å². The molecule has 1 fully saturated rings. The van der Waals surface area contributed by atoms with E-state index in [9.17, 15) is 30.8 Å². The lowest BCUT2D eigenvalue weighted by Crippen LogP contribution is -2.43. The van der Waals surface area contributed by atoms with E-state index in [0.717, 1.165) is 10.4 Å². The number of sulfonamides is 1. The van der Waals surface area contributed by atoms with Crippen LogP contribution in [0, 0.1) is 11.7 Å². The van der Waals surface area contributed by atoms with Crippen LogP contribution in [0.5, 0.6) is 5.75 Å². The fourth-order valence-corrected chi connectivity index (χ4v) is 5.35. The number of anilines is 1. The summed E-state index contributed by atoms with van der Waals surface area (Å²) in [4.78, 5) is 12.6. The Morgan fingerprint density at radius 1 is 1.24 bits per heavy atom. The van der Waals surface area contributed by atoms with E-state index in [1.807, 2.05) is 0 Å². The molecule has 0 aliphatic carbocycles. The van der Waals surface area contributed by atoms with Gasteiger partial charge >= 0.3 is 6.18 Å². The fourth-order valence-electron chi connectivity index (χ4n) is 3.50. The van der Waals surface area contributed by atoms with Gasteiger partial charge in [-0.3, -0.25) is 4.79 Å². The Kier molecular flexibility index (Phi) is 7.55. The summed E-state index contributed by atoms with van der Waals surface area (Å²) in [6.45, 7) is 2.13. The molecule has 1 aliphatic rings. The van der Waals surface area contributed by atoms with Gasteiger partial charge in [0.2, 0.25) is 15.9 Å². The molecule has 1 heterocycles. The van der Waals surface area contributed by atoms with Crippen LogP contribution in [-0.4, -0.2) is 38.3 Å². The summed E-state index contributed by atoms with van der Waals surface area (Å²) < 4.78 is 84.8. The molecular formula is C21H21ClF4N2O4S. The van der Waals surface area contributed by atoms with Crippen molar-refractivity contribution in [2.24, 2.45) is 5.92 Å². The molecule has 3 rings (SSSR count). The van der Waals surface area contributed by atoms with Gasteiger partial charge in [-0.25, -0.2) is 12.8 Å². The van der Waals surface area contributed by atoms with Crippen molar-refractivity contribution >= 4 is 33.2 Å². The minimum absolute atomic E-state index is 0.0645. The van der Waals surface area contributed by atoms with Gasteiger partial charge in [-0.15, -0.1) is 0 Å². The minimum atomic E-state index is -4.92. The second-order valence-electron chi connectivity index (χ2n) is 7.41. The highest BCUT2D eigenvalue weighted by atomic mass is 35.5. The molecule has 1 atom stereocenters. The summed E-state index contributed by atoms with van der Waals surface area (Å²) in [5.74, 6) is -2.57. The van der Waals surface area contributed by atoms with E-state index in [0.29, 0.717) is 37.3 Å². The molecule has 33 heavy (non-hydrogen) atoms. The van der Waals surface area contributed by atoms with Gasteiger partial charge in [0.05, 0.1) is 28.0 Å². The van der Waals surface area contributed by atoms with Crippen LogP contribution in [0.25, 0.3) is 0 Å². The van der Waals surface area contributed by atoms with Crippen molar-refractivity contribution in [3.05, 3.63) is 52.8 Å². The molecule has 1 amide bonds. The smallest absolute Gasteiger partial charge is 0.419 e. The Bertz CT molecular complexity index is 1140. The molecule has 1 saturated heterocycles. The zero-order valence-corrected chi connectivity index (χ0v) is 19.0.